The Morgan fingerprint density at radius 1 is 1.00 bits per heavy atom. The maximum Gasteiger partial charge on any atom is 0.420 e. The Balaban J connectivity index is 0.000000310. The number of nitrogens with one attached hydrogen (secondary N) is 1. The summed E-state index contributed by atoms with van der Waals surface area (Å²) in [6.45, 7) is 4.89. The lowest BCUT2D eigenvalue weighted by molar-refractivity contribution is -0.138. The summed E-state index contributed by atoms with van der Waals surface area (Å²) in [7, 11) is 0. The van der Waals surface area contributed by atoms with Gasteiger partial charge in [-0.05, 0) is 73.8 Å². The maximum atomic E-state index is 13.6. The molecule has 2 aliphatic rings. The lowest BCUT2D eigenvalue weighted by Crippen LogP contribution is -2.28. The van der Waals surface area contributed by atoms with Gasteiger partial charge in [0.25, 0.3) is 0 Å². The minimum atomic E-state index is -4.43. The van der Waals surface area contributed by atoms with Crippen LogP contribution < -0.4 is 10.1 Å². The van der Waals surface area contributed by atoms with E-state index in [-0.39, 0.29) is 23.1 Å². The first-order valence-corrected chi connectivity index (χ1v) is 10.8. The van der Waals surface area contributed by atoms with Gasteiger partial charge in [-0.1, -0.05) is 31.2 Å². The SMILES string of the molecule is Cc1cccc2c(C(F)(F)F)c(OC3CCC(C)CC3)ccc12.O=C1CCCCN1. The summed E-state index contributed by atoms with van der Waals surface area (Å²) >= 11 is 0. The molecule has 0 aromatic heterocycles. The lowest BCUT2D eigenvalue weighted by atomic mass is 9.89. The number of hydrogen-bond donors (Lipinski definition) is 1. The molecule has 1 saturated carbocycles. The molecule has 2 aromatic rings. The second-order valence-corrected chi connectivity index (χ2v) is 8.41. The van der Waals surface area contributed by atoms with E-state index >= 15 is 0 Å². The molecule has 1 aliphatic heterocycles. The van der Waals surface area contributed by atoms with E-state index in [1.165, 1.54) is 12.1 Å². The smallest absolute Gasteiger partial charge is 0.420 e. The number of benzene rings is 2. The third-order valence-electron chi connectivity index (χ3n) is 5.93. The number of fused-ring (bicyclic) bond motifs is 1. The number of carbonyl (C=O) groups excluding carboxylic acids is 1. The fourth-order valence-electron chi connectivity index (χ4n) is 4.14. The summed E-state index contributed by atoms with van der Waals surface area (Å²) in [5, 5.41) is 3.59. The number of piperidine rings is 1. The molecule has 3 nitrogen and oxygen atoms in total. The molecule has 0 bridgehead atoms. The van der Waals surface area contributed by atoms with Gasteiger partial charge in [0.2, 0.25) is 5.91 Å². The fourth-order valence-corrected chi connectivity index (χ4v) is 4.14. The van der Waals surface area contributed by atoms with Crippen LogP contribution in [0.2, 0.25) is 0 Å². The minimum Gasteiger partial charge on any atom is -0.490 e. The second-order valence-electron chi connectivity index (χ2n) is 8.41. The van der Waals surface area contributed by atoms with Gasteiger partial charge in [-0.15, -0.1) is 0 Å². The van der Waals surface area contributed by atoms with Crippen LogP contribution in [0.5, 0.6) is 5.75 Å². The molecule has 0 spiro atoms. The monoisotopic (exact) mass is 421 g/mol. The van der Waals surface area contributed by atoms with Crippen LogP contribution in [0.1, 0.15) is 63.0 Å². The Morgan fingerprint density at radius 2 is 1.73 bits per heavy atom. The highest BCUT2D eigenvalue weighted by Crippen LogP contribution is 2.43. The summed E-state index contributed by atoms with van der Waals surface area (Å²) in [5.74, 6) is 0.817. The van der Waals surface area contributed by atoms with Gasteiger partial charge in [0.05, 0.1) is 6.10 Å². The summed E-state index contributed by atoms with van der Waals surface area (Å²) in [6.07, 6.45) is 2.10. The molecule has 4 rings (SSSR count). The van der Waals surface area contributed by atoms with Gasteiger partial charge in [-0.2, -0.15) is 13.2 Å². The van der Waals surface area contributed by atoms with E-state index in [4.69, 9.17) is 4.74 Å². The maximum absolute atomic E-state index is 13.6. The third-order valence-corrected chi connectivity index (χ3v) is 5.93. The zero-order chi connectivity index (χ0) is 21.7. The zero-order valence-corrected chi connectivity index (χ0v) is 17.6. The van der Waals surface area contributed by atoms with E-state index in [0.29, 0.717) is 11.3 Å². The van der Waals surface area contributed by atoms with Crippen LogP contribution in [-0.2, 0) is 11.0 Å². The van der Waals surface area contributed by atoms with Crippen LogP contribution in [-0.4, -0.2) is 18.6 Å². The molecule has 2 aromatic carbocycles. The Kier molecular flexibility index (Phi) is 7.27. The Morgan fingerprint density at radius 3 is 2.30 bits per heavy atom. The van der Waals surface area contributed by atoms with E-state index in [2.05, 4.69) is 12.2 Å². The topological polar surface area (TPSA) is 38.3 Å². The summed E-state index contributed by atoms with van der Waals surface area (Å²) in [5.41, 5.74) is 0.198. The van der Waals surface area contributed by atoms with Crippen molar-refractivity contribution < 1.29 is 22.7 Å². The number of carbonyl (C=O) groups is 1. The predicted molar refractivity (Wildman–Crippen MR) is 113 cm³/mol. The van der Waals surface area contributed by atoms with E-state index in [0.717, 1.165) is 57.1 Å². The van der Waals surface area contributed by atoms with Gasteiger partial charge in [-0.3, -0.25) is 4.79 Å². The molecule has 1 aliphatic carbocycles. The van der Waals surface area contributed by atoms with Crippen molar-refractivity contribution in [1.82, 2.24) is 5.32 Å². The van der Waals surface area contributed by atoms with Crippen molar-refractivity contribution in [2.24, 2.45) is 5.92 Å². The van der Waals surface area contributed by atoms with E-state index in [9.17, 15) is 18.0 Å². The average molecular weight is 422 g/mol. The Hall–Kier alpha value is -2.24. The van der Waals surface area contributed by atoms with Crippen molar-refractivity contribution in [3.8, 4) is 5.75 Å². The van der Waals surface area contributed by atoms with Gasteiger partial charge in [0.1, 0.15) is 11.3 Å². The van der Waals surface area contributed by atoms with Crippen LogP contribution in [0.4, 0.5) is 13.2 Å². The molecule has 164 valence electrons. The van der Waals surface area contributed by atoms with Gasteiger partial charge >= 0.3 is 6.18 Å². The van der Waals surface area contributed by atoms with Crippen molar-refractivity contribution in [1.29, 1.82) is 0 Å². The molecule has 1 N–H and O–H groups in total. The number of rotatable bonds is 2. The van der Waals surface area contributed by atoms with Crippen molar-refractivity contribution in [2.45, 2.75) is 71.1 Å². The molecule has 1 saturated heterocycles. The first-order chi connectivity index (χ1) is 14.3. The van der Waals surface area contributed by atoms with E-state index < -0.39 is 11.7 Å². The third kappa shape index (κ3) is 5.67. The number of ether oxygens (including phenoxy) is 1. The number of hydrogen-bond acceptors (Lipinski definition) is 2. The van der Waals surface area contributed by atoms with Crippen molar-refractivity contribution in [3.63, 3.8) is 0 Å². The van der Waals surface area contributed by atoms with Gasteiger partial charge in [-0.25, -0.2) is 0 Å². The first-order valence-electron chi connectivity index (χ1n) is 10.8. The van der Waals surface area contributed by atoms with Crippen LogP contribution in [0.25, 0.3) is 10.8 Å². The molecule has 6 heteroatoms. The van der Waals surface area contributed by atoms with Crippen molar-refractivity contribution >= 4 is 16.7 Å². The van der Waals surface area contributed by atoms with Crippen LogP contribution in [0.3, 0.4) is 0 Å². The van der Waals surface area contributed by atoms with Crippen molar-refractivity contribution in [3.05, 3.63) is 41.5 Å². The molecule has 2 fully saturated rings. The minimum absolute atomic E-state index is 0.0323. The molecular formula is C24H30F3NO2. The van der Waals surface area contributed by atoms with Crippen molar-refractivity contribution in [2.75, 3.05) is 6.54 Å². The largest absolute Gasteiger partial charge is 0.490 e. The van der Waals surface area contributed by atoms with Gasteiger partial charge in [0.15, 0.2) is 0 Å². The molecule has 0 unspecified atom stereocenters. The Labute approximate surface area is 176 Å². The molecule has 30 heavy (non-hydrogen) atoms. The fraction of sp³-hybridized carbons (Fsp3) is 0.542. The highest BCUT2D eigenvalue weighted by molar-refractivity contribution is 5.90. The standard InChI is InChI=1S/C19H21F3O.C5H9NO/c1-12-6-8-14(9-7-12)23-17-11-10-15-13(2)4-3-5-16(15)18(17)19(20,21)22;7-5-3-1-2-4-6-5/h3-5,10-12,14H,6-9H2,1-2H3;1-4H2,(H,6,7). The molecule has 0 atom stereocenters. The molecule has 1 amide bonds. The number of aryl methyl sites for hydroxylation is 1. The number of amides is 1. The highest BCUT2D eigenvalue weighted by atomic mass is 19.4. The molecular weight excluding hydrogens is 391 g/mol. The predicted octanol–water partition coefficient (Wildman–Crippen LogP) is 6.41. The second kappa shape index (κ2) is 9.71. The zero-order valence-electron chi connectivity index (χ0n) is 17.6. The van der Waals surface area contributed by atoms with E-state index in [1.807, 2.05) is 13.0 Å². The average Bonchev–Trinajstić information content (AvgIpc) is 2.70. The van der Waals surface area contributed by atoms with Crippen LogP contribution in [0, 0.1) is 12.8 Å². The first kappa shape index (κ1) is 22.4. The summed E-state index contributed by atoms with van der Waals surface area (Å²) in [4.78, 5) is 10.4. The summed E-state index contributed by atoms with van der Waals surface area (Å²) < 4.78 is 46.7. The normalized spacial score (nSPS) is 22.1. The molecule has 0 radical (unpaired) electrons. The lowest BCUT2D eigenvalue weighted by Gasteiger charge is -2.28. The summed E-state index contributed by atoms with van der Waals surface area (Å²) in [6, 6.07) is 8.24. The van der Waals surface area contributed by atoms with Crippen LogP contribution in [0.15, 0.2) is 30.3 Å². The van der Waals surface area contributed by atoms with E-state index in [1.54, 1.807) is 12.1 Å². The van der Waals surface area contributed by atoms with Gasteiger partial charge in [0, 0.05) is 13.0 Å². The number of alkyl halides is 3. The van der Waals surface area contributed by atoms with Crippen LogP contribution >= 0.6 is 0 Å². The highest BCUT2D eigenvalue weighted by Gasteiger charge is 2.37. The Bertz CT molecular complexity index is 863. The quantitative estimate of drug-likeness (QED) is 0.608. The number of halogens is 3. The van der Waals surface area contributed by atoms with Gasteiger partial charge < -0.3 is 10.1 Å². The molecule has 1 heterocycles.